The van der Waals surface area contributed by atoms with Crippen molar-refractivity contribution in [3.05, 3.63) is 69.6 Å². The second-order valence-corrected chi connectivity index (χ2v) is 8.30. The number of hydrogen-bond donors (Lipinski definition) is 0. The third kappa shape index (κ3) is 4.26. The number of aryl methyl sites for hydroxylation is 1. The van der Waals surface area contributed by atoms with Crippen LogP contribution in [0, 0.1) is 0 Å². The third-order valence-corrected chi connectivity index (χ3v) is 6.30. The summed E-state index contributed by atoms with van der Waals surface area (Å²) in [6, 6.07) is 16.3. The fraction of sp³-hybridized carbons (Fsp3) is 0.273. The number of anilines is 1. The minimum atomic E-state index is -0.142. The summed E-state index contributed by atoms with van der Waals surface area (Å²) in [6.07, 6.45) is 2.95. The van der Waals surface area contributed by atoms with Crippen molar-refractivity contribution in [2.75, 3.05) is 31.1 Å². The number of halogens is 1. The van der Waals surface area contributed by atoms with Crippen LogP contribution in [-0.2, 0) is 11.2 Å². The van der Waals surface area contributed by atoms with Gasteiger partial charge in [-0.05, 0) is 53.6 Å². The van der Waals surface area contributed by atoms with Crippen LogP contribution < -0.4 is 4.90 Å². The number of hydrogen-bond acceptors (Lipinski definition) is 4. The lowest BCUT2D eigenvalue weighted by molar-refractivity contribution is -0.113. The van der Waals surface area contributed by atoms with E-state index in [9.17, 15) is 4.79 Å². The minimum Gasteiger partial charge on any atom is -0.368 e. The second kappa shape index (κ2) is 8.41. The Kier molecular flexibility index (Phi) is 5.74. The standard InChI is InChI=1S/C22H22ClN3OS/c1-2-16-6-8-17(9-7-16)14-20-21(27)24-22(28-20)26-12-10-25(11-13-26)19-5-3-4-18(23)15-19/h3-9,14-15H,2,10-13H2,1H3/b20-14-. The highest BCUT2D eigenvalue weighted by Crippen LogP contribution is 2.31. The van der Waals surface area contributed by atoms with E-state index in [-0.39, 0.29) is 5.91 Å². The molecule has 0 saturated carbocycles. The van der Waals surface area contributed by atoms with E-state index in [4.69, 9.17) is 11.6 Å². The summed E-state index contributed by atoms with van der Waals surface area (Å²) in [5, 5.41) is 1.56. The van der Waals surface area contributed by atoms with Crippen molar-refractivity contribution in [2.24, 2.45) is 4.99 Å². The van der Waals surface area contributed by atoms with Crippen LogP contribution in [0.2, 0.25) is 5.02 Å². The molecule has 1 amide bonds. The van der Waals surface area contributed by atoms with Gasteiger partial charge in [-0.3, -0.25) is 4.79 Å². The van der Waals surface area contributed by atoms with Crippen molar-refractivity contribution in [1.82, 2.24) is 4.90 Å². The van der Waals surface area contributed by atoms with E-state index in [1.807, 2.05) is 24.3 Å². The summed E-state index contributed by atoms with van der Waals surface area (Å²) >= 11 is 7.59. The number of thioether (sulfide) groups is 1. The first-order chi connectivity index (χ1) is 13.6. The quantitative estimate of drug-likeness (QED) is 0.686. The maximum atomic E-state index is 12.3. The molecule has 1 saturated heterocycles. The molecule has 144 valence electrons. The molecule has 1 fully saturated rings. The Labute approximate surface area is 174 Å². The molecule has 0 spiro atoms. The lowest BCUT2D eigenvalue weighted by Gasteiger charge is -2.36. The first-order valence-electron chi connectivity index (χ1n) is 9.49. The van der Waals surface area contributed by atoms with Gasteiger partial charge in [-0.15, -0.1) is 0 Å². The second-order valence-electron chi connectivity index (χ2n) is 6.86. The zero-order valence-electron chi connectivity index (χ0n) is 15.8. The number of carbonyl (C=O) groups is 1. The molecule has 0 aromatic heterocycles. The number of aliphatic imine (C=N–C) groups is 1. The Balaban J connectivity index is 1.39. The normalized spacial score (nSPS) is 18.7. The first-order valence-corrected chi connectivity index (χ1v) is 10.7. The van der Waals surface area contributed by atoms with Crippen LogP contribution in [-0.4, -0.2) is 42.2 Å². The Morgan fingerprint density at radius 1 is 1.07 bits per heavy atom. The Morgan fingerprint density at radius 3 is 2.46 bits per heavy atom. The van der Waals surface area contributed by atoms with E-state index in [0.29, 0.717) is 4.91 Å². The van der Waals surface area contributed by atoms with E-state index < -0.39 is 0 Å². The molecular formula is C22H22ClN3OS. The van der Waals surface area contributed by atoms with Crippen molar-refractivity contribution in [1.29, 1.82) is 0 Å². The molecule has 2 aromatic rings. The van der Waals surface area contributed by atoms with Gasteiger partial charge in [0.05, 0.1) is 4.91 Å². The predicted octanol–water partition coefficient (Wildman–Crippen LogP) is 4.69. The highest BCUT2D eigenvalue weighted by molar-refractivity contribution is 8.18. The fourth-order valence-electron chi connectivity index (χ4n) is 3.36. The predicted molar refractivity (Wildman–Crippen MR) is 119 cm³/mol. The van der Waals surface area contributed by atoms with E-state index >= 15 is 0 Å². The summed E-state index contributed by atoms with van der Waals surface area (Å²) in [5.74, 6) is -0.142. The molecule has 0 atom stereocenters. The van der Waals surface area contributed by atoms with Gasteiger partial charge in [-0.1, -0.05) is 48.9 Å². The maximum absolute atomic E-state index is 12.3. The summed E-state index contributed by atoms with van der Waals surface area (Å²) in [5.41, 5.74) is 3.47. The van der Waals surface area contributed by atoms with E-state index in [1.165, 1.54) is 17.3 Å². The summed E-state index contributed by atoms with van der Waals surface area (Å²) in [7, 11) is 0. The van der Waals surface area contributed by atoms with Gasteiger partial charge in [-0.2, -0.15) is 4.99 Å². The molecule has 0 aliphatic carbocycles. The largest absolute Gasteiger partial charge is 0.368 e. The van der Waals surface area contributed by atoms with Gasteiger partial charge < -0.3 is 9.80 Å². The smallest absolute Gasteiger partial charge is 0.286 e. The van der Waals surface area contributed by atoms with Gasteiger partial charge in [0.1, 0.15) is 0 Å². The Bertz CT molecular complexity index is 931. The average molecular weight is 412 g/mol. The SMILES string of the molecule is CCc1ccc(/C=C2\SC(N3CCN(c4cccc(Cl)c4)CC3)=NC2=O)cc1. The minimum absolute atomic E-state index is 0.142. The number of carbonyl (C=O) groups excluding carboxylic acids is 1. The van der Waals surface area contributed by atoms with Crippen molar-refractivity contribution in [3.63, 3.8) is 0 Å². The fourth-order valence-corrected chi connectivity index (χ4v) is 4.51. The van der Waals surface area contributed by atoms with Crippen LogP contribution in [0.25, 0.3) is 6.08 Å². The topological polar surface area (TPSA) is 35.9 Å². The number of benzene rings is 2. The van der Waals surface area contributed by atoms with Crippen molar-refractivity contribution < 1.29 is 4.79 Å². The van der Waals surface area contributed by atoms with Crippen molar-refractivity contribution >= 4 is 46.2 Å². The molecule has 2 aliphatic rings. The number of nitrogens with zero attached hydrogens (tertiary/aromatic N) is 3. The highest BCUT2D eigenvalue weighted by atomic mass is 35.5. The molecule has 4 nitrogen and oxygen atoms in total. The Morgan fingerprint density at radius 2 is 1.79 bits per heavy atom. The Hall–Kier alpha value is -2.24. The molecule has 2 aromatic carbocycles. The van der Waals surface area contributed by atoms with Gasteiger partial charge >= 0.3 is 0 Å². The summed E-state index contributed by atoms with van der Waals surface area (Å²) < 4.78 is 0. The molecule has 6 heteroatoms. The molecule has 28 heavy (non-hydrogen) atoms. The molecular weight excluding hydrogens is 390 g/mol. The van der Waals surface area contributed by atoms with Crippen molar-refractivity contribution in [2.45, 2.75) is 13.3 Å². The zero-order chi connectivity index (χ0) is 19.5. The first kappa shape index (κ1) is 19.1. The number of amides is 1. The molecule has 0 unspecified atom stereocenters. The van der Waals surface area contributed by atoms with Crippen LogP contribution in [0.5, 0.6) is 0 Å². The van der Waals surface area contributed by atoms with E-state index in [0.717, 1.165) is 54.0 Å². The van der Waals surface area contributed by atoms with E-state index in [2.05, 4.69) is 52.0 Å². The van der Waals surface area contributed by atoms with Crippen molar-refractivity contribution in [3.8, 4) is 0 Å². The van der Waals surface area contributed by atoms with Crippen LogP contribution >= 0.6 is 23.4 Å². The molecule has 2 heterocycles. The van der Waals surface area contributed by atoms with Gasteiger partial charge in [0.25, 0.3) is 5.91 Å². The molecule has 0 bridgehead atoms. The van der Waals surface area contributed by atoms with Crippen LogP contribution in [0.4, 0.5) is 5.69 Å². The van der Waals surface area contributed by atoms with Gasteiger partial charge in [0.2, 0.25) is 0 Å². The molecule has 0 radical (unpaired) electrons. The lowest BCUT2D eigenvalue weighted by Crippen LogP contribution is -2.47. The van der Waals surface area contributed by atoms with Gasteiger partial charge in [-0.25, -0.2) is 0 Å². The molecule has 0 N–H and O–H groups in total. The number of rotatable bonds is 3. The van der Waals surface area contributed by atoms with Gasteiger partial charge in [0, 0.05) is 36.9 Å². The lowest BCUT2D eigenvalue weighted by atomic mass is 10.1. The van der Waals surface area contributed by atoms with E-state index in [1.54, 1.807) is 0 Å². The van der Waals surface area contributed by atoms with Gasteiger partial charge in [0.15, 0.2) is 5.17 Å². The number of amidine groups is 1. The zero-order valence-corrected chi connectivity index (χ0v) is 17.3. The molecule has 2 aliphatic heterocycles. The molecule has 4 rings (SSSR count). The van der Waals surface area contributed by atoms with Crippen LogP contribution in [0.1, 0.15) is 18.1 Å². The highest BCUT2D eigenvalue weighted by Gasteiger charge is 2.28. The average Bonchev–Trinajstić information content (AvgIpc) is 3.09. The number of piperazine rings is 1. The maximum Gasteiger partial charge on any atom is 0.286 e. The monoisotopic (exact) mass is 411 g/mol. The summed E-state index contributed by atoms with van der Waals surface area (Å²) in [4.78, 5) is 21.8. The van der Waals surface area contributed by atoms with Crippen LogP contribution in [0.15, 0.2) is 58.4 Å². The van der Waals surface area contributed by atoms with Crippen LogP contribution in [0.3, 0.4) is 0 Å². The summed E-state index contributed by atoms with van der Waals surface area (Å²) in [6.45, 7) is 5.57. The third-order valence-electron chi connectivity index (χ3n) is 5.02.